The van der Waals surface area contributed by atoms with E-state index in [4.69, 9.17) is 10.5 Å². The molecule has 0 unspecified atom stereocenters. The molecule has 20 heavy (non-hydrogen) atoms. The van der Waals surface area contributed by atoms with Crippen molar-refractivity contribution in [3.63, 3.8) is 0 Å². The Hall–Kier alpha value is -0.210. The summed E-state index contributed by atoms with van der Waals surface area (Å²) in [6.45, 7) is 5.63. The van der Waals surface area contributed by atoms with E-state index in [9.17, 15) is 8.42 Å². The number of rotatable bonds is 11. The minimum Gasteiger partial charge on any atom is -0.379 e. The highest BCUT2D eigenvalue weighted by Gasteiger charge is 2.11. The Bertz CT molecular complexity index is 330. The van der Waals surface area contributed by atoms with Gasteiger partial charge in [0.05, 0.1) is 19.0 Å². The van der Waals surface area contributed by atoms with Gasteiger partial charge in [-0.25, -0.2) is 13.1 Å². The lowest BCUT2D eigenvalue weighted by Crippen LogP contribution is -2.38. The van der Waals surface area contributed by atoms with Crippen LogP contribution in [0.4, 0.5) is 0 Å². The van der Waals surface area contributed by atoms with E-state index in [1.54, 1.807) is 0 Å². The van der Waals surface area contributed by atoms with Crippen LogP contribution < -0.4 is 10.5 Å². The van der Waals surface area contributed by atoms with Gasteiger partial charge in [0, 0.05) is 19.6 Å². The summed E-state index contributed by atoms with van der Waals surface area (Å²) < 4.78 is 31.4. The third kappa shape index (κ3) is 8.86. The molecule has 0 spiro atoms. The first kappa shape index (κ1) is 17.8. The van der Waals surface area contributed by atoms with E-state index in [0.717, 1.165) is 65.0 Å². The van der Waals surface area contributed by atoms with Crippen LogP contribution in [0.15, 0.2) is 0 Å². The normalized spacial score (nSPS) is 17.4. The molecule has 1 fully saturated rings. The van der Waals surface area contributed by atoms with Crippen molar-refractivity contribution < 1.29 is 13.2 Å². The molecule has 0 amide bonds. The smallest absolute Gasteiger partial charge is 0.211 e. The first-order valence-electron chi connectivity index (χ1n) is 7.61. The quantitative estimate of drug-likeness (QED) is 0.531. The van der Waals surface area contributed by atoms with E-state index < -0.39 is 10.0 Å². The van der Waals surface area contributed by atoms with E-state index in [1.807, 2.05) is 0 Å². The standard InChI is InChI=1S/C13H29N3O3S/c14-6-3-1-2-4-13-20(17,18)15-7-5-8-16-9-11-19-12-10-16/h15H,1-14H2. The molecule has 6 nitrogen and oxygen atoms in total. The second-order valence-corrected chi connectivity index (χ2v) is 7.15. The van der Waals surface area contributed by atoms with Gasteiger partial charge in [0.1, 0.15) is 0 Å². The van der Waals surface area contributed by atoms with Crippen molar-refractivity contribution in [2.45, 2.75) is 32.1 Å². The summed E-state index contributed by atoms with van der Waals surface area (Å²) in [4.78, 5) is 2.31. The second kappa shape index (κ2) is 10.5. The molecule has 0 aliphatic carbocycles. The fraction of sp³-hybridized carbons (Fsp3) is 1.00. The maximum Gasteiger partial charge on any atom is 0.211 e. The SMILES string of the molecule is NCCCCCCS(=O)(=O)NCCCN1CCOCC1. The van der Waals surface area contributed by atoms with Crippen molar-refractivity contribution in [3.8, 4) is 0 Å². The Kier molecular flexibility index (Phi) is 9.37. The third-order valence-corrected chi connectivity index (χ3v) is 4.91. The summed E-state index contributed by atoms with van der Waals surface area (Å²) in [7, 11) is -3.10. The van der Waals surface area contributed by atoms with Gasteiger partial charge in [-0.3, -0.25) is 4.90 Å². The summed E-state index contributed by atoms with van der Waals surface area (Å²) in [5.41, 5.74) is 5.40. The van der Waals surface area contributed by atoms with Gasteiger partial charge in [-0.2, -0.15) is 0 Å². The van der Waals surface area contributed by atoms with Crippen LogP contribution in [0.25, 0.3) is 0 Å². The topological polar surface area (TPSA) is 84.7 Å². The molecule has 1 heterocycles. The fourth-order valence-corrected chi connectivity index (χ4v) is 3.40. The van der Waals surface area contributed by atoms with Gasteiger partial charge in [0.25, 0.3) is 0 Å². The van der Waals surface area contributed by atoms with Crippen LogP contribution >= 0.6 is 0 Å². The minimum atomic E-state index is -3.10. The van der Waals surface area contributed by atoms with Crippen LogP contribution in [0.3, 0.4) is 0 Å². The first-order chi connectivity index (χ1) is 9.64. The van der Waals surface area contributed by atoms with E-state index in [2.05, 4.69) is 9.62 Å². The molecule has 1 saturated heterocycles. The highest BCUT2D eigenvalue weighted by atomic mass is 32.2. The number of ether oxygens (including phenoxy) is 1. The van der Waals surface area contributed by atoms with Crippen molar-refractivity contribution >= 4 is 10.0 Å². The van der Waals surface area contributed by atoms with E-state index in [-0.39, 0.29) is 5.75 Å². The van der Waals surface area contributed by atoms with Crippen molar-refractivity contribution in [2.24, 2.45) is 5.73 Å². The van der Waals surface area contributed by atoms with Gasteiger partial charge >= 0.3 is 0 Å². The maximum absolute atomic E-state index is 11.7. The molecule has 1 aliphatic heterocycles. The van der Waals surface area contributed by atoms with Crippen LogP contribution in [0, 0.1) is 0 Å². The average Bonchev–Trinajstić information content (AvgIpc) is 2.44. The summed E-state index contributed by atoms with van der Waals surface area (Å²) in [6, 6.07) is 0. The van der Waals surface area contributed by atoms with Crippen molar-refractivity contribution in [1.82, 2.24) is 9.62 Å². The Morgan fingerprint density at radius 1 is 1.05 bits per heavy atom. The highest BCUT2D eigenvalue weighted by Crippen LogP contribution is 2.01. The predicted octanol–water partition coefficient (Wildman–Crippen LogP) is 0.147. The number of unbranched alkanes of at least 4 members (excludes halogenated alkanes) is 3. The maximum atomic E-state index is 11.7. The fourth-order valence-electron chi connectivity index (χ4n) is 2.22. The molecule has 1 rings (SSSR count). The van der Waals surface area contributed by atoms with Gasteiger partial charge in [-0.15, -0.1) is 0 Å². The highest BCUT2D eigenvalue weighted by molar-refractivity contribution is 7.89. The van der Waals surface area contributed by atoms with Crippen LogP contribution in [-0.4, -0.2) is 65.0 Å². The lowest BCUT2D eigenvalue weighted by atomic mass is 10.2. The van der Waals surface area contributed by atoms with Crippen LogP contribution in [0.5, 0.6) is 0 Å². The molecule has 0 radical (unpaired) electrons. The predicted molar refractivity (Wildman–Crippen MR) is 81.2 cm³/mol. The molecule has 0 bridgehead atoms. The Morgan fingerprint density at radius 2 is 1.75 bits per heavy atom. The number of morpholine rings is 1. The van der Waals surface area contributed by atoms with E-state index >= 15 is 0 Å². The van der Waals surface area contributed by atoms with Crippen molar-refractivity contribution in [3.05, 3.63) is 0 Å². The zero-order chi connectivity index (χ0) is 14.7. The number of nitrogens with zero attached hydrogens (tertiary/aromatic N) is 1. The Labute approximate surface area is 123 Å². The zero-order valence-corrected chi connectivity index (χ0v) is 13.2. The summed E-state index contributed by atoms with van der Waals surface area (Å²) in [5.74, 6) is 0.231. The molecular weight excluding hydrogens is 278 g/mol. The number of hydrogen-bond donors (Lipinski definition) is 2. The average molecular weight is 307 g/mol. The molecule has 0 aromatic heterocycles. The van der Waals surface area contributed by atoms with E-state index in [0.29, 0.717) is 13.1 Å². The second-order valence-electron chi connectivity index (χ2n) is 5.22. The molecule has 1 aliphatic rings. The van der Waals surface area contributed by atoms with Crippen LogP contribution in [-0.2, 0) is 14.8 Å². The Balaban J connectivity index is 2.01. The largest absolute Gasteiger partial charge is 0.379 e. The van der Waals surface area contributed by atoms with E-state index in [1.165, 1.54) is 0 Å². The van der Waals surface area contributed by atoms with Crippen LogP contribution in [0.2, 0.25) is 0 Å². The van der Waals surface area contributed by atoms with Gasteiger partial charge in [0.15, 0.2) is 0 Å². The molecule has 0 saturated carbocycles. The van der Waals surface area contributed by atoms with Gasteiger partial charge in [-0.05, 0) is 32.4 Å². The molecular formula is C13H29N3O3S. The van der Waals surface area contributed by atoms with Crippen molar-refractivity contribution in [1.29, 1.82) is 0 Å². The number of hydrogen-bond acceptors (Lipinski definition) is 5. The molecule has 120 valence electrons. The lowest BCUT2D eigenvalue weighted by molar-refractivity contribution is 0.0376. The summed E-state index contributed by atoms with van der Waals surface area (Å²) in [5, 5.41) is 0. The van der Waals surface area contributed by atoms with Crippen molar-refractivity contribution in [2.75, 3.05) is 51.7 Å². The number of sulfonamides is 1. The summed E-state index contributed by atoms with van der Waals surface area (Å²) in [6.07, 6.45) is 4.51. The zero-order valence-electron chi connectivity index (χ0n) is 12.3. The Morgan fingerprint density at radius 3 is 2.45 bits per heavy atom. The lowest BCUT2D eigenvalue weighted by Gasteiger charge is -2.26. The number of nitrogens with two attached hydrogens (primary N) is 1. The first-order valence-corrected chi connectivity index (χ1v) is 9.27. The monoisotopic (exact) mass is 307 g/mol. The molecule has 3 N–H and O–H groups in total. The molecule has 0 atom stereocenters. The minimum absolute atomic E-state index is 0.231. The number of nitrogens with one attached hydrogen (secondary N) is 1. The summed E-state index contributed by atoms with van der Waals surface area (Å²) >= 11 is 0. The molecule has 0 aromatic rings. The van der Waals surface area contributed by atoms with Gasteiger partial charge < -0.3 is 10.5 Å². The van der Waals surface area contributed by atoms with Gasteiger partial charge in [-0.1, -0.05) is 12.8 Å². The van der Waals surface area contributed by atoms with Gasteiger partial charge in [0.2, 0.25) is 10.0 Å². The third-order valence-electron chi connectivity index (χ3n) is 3.44. The van der Waals surface area contributed by atoms with Crippen LogP contribution in [0.1, 0.15) is 32.1 Å². The molecule has 7 heteroatoms. The molecule has 0 aromatic carbocycles.